The Kier molecular flexibility index (Phi) is 5.03. The van der Waals surface area contributed by atoms with Crippen molar-refractivity contribution in [3.8, 4) is 11.5 Å². The van der Waals surface area contributed by atoms with E-state index in [0.717, 1.165) is 30.7 Å². The highest BCUT2D eigenvalue weighted by molar-refractivity contribution is 7.10. The molecule has 6 nitrogen and oxygen atoms in total. The van der Waals surface area contributed by atoms with Gasteiger partial charge < -0.3 is 19.2 Å². The molecule has 2 aliphatic heterocycles. The van der Waals surface area contributed by atoms with E-state index in [2.05, 4.69) is 23.5 Å². The monoisotopic (exact) mass is 386 g/mol. The van der Waals surface area contributed by atoms with Crippen molar-refractivity contribution in [3.05, 3.63) is 45.6 Å². The van der Waals surface area contributed by atoms with Crippen molar-refractivity contribution >= 4 is 23.0 Å². The van der Waals surface area contributed by atoms with Gasteiger partial charge in [-0.15, -0.1) is 11.3 Å². The van der Waals surface area contributed by atoms with E-state index in [1.807, 2.05) is 30.0 Å². The Morgan fingerprint density at radius 3 is 3.04 bits per heavy atom. The van der Waals surface area contributed by atoms with E-state index in [0.29, 0.717) is 11.5 Å². The molecule has 0 bridgehead atoms. The maximum absolute atomic E-state index is 12.7. The number of ether oxygens (including phenoxy) is 2. The number of hydrogen-bond acceptors (Lipinski definition) is 6. The summed E-state index contributed by atoms with van der Waals surface area (Å²) in [6.45, 7) is 4.87. The van der Waals surface area contributed by atoms with Crippen molar-refractivity contribution in [3.63, 3.8) is 0 Å². The molecule has 0 aliphatic carbocycles. The zero-order valence-electron chi connectivity index (χ0n) is 15.4. The standard InChI is InChI=1S/C20H22N2O4S/c1-3-16-15-7-9-27-19(15)6-8-22(16)20(23)11-26-21-13(2)14-4-5-17-18(10-14)25-12-24-17/h4-5,7,9-10,16H,3,6,8,11-12H2,1-2H3/b21-13+. The number of carbonyl (C=O) groups excluding carboxylic acids is 1. The van der Waals surface area contributed by atoms with Crippen LogP contribution in [0.4, 0.5) is 0 Å². The van der Waals surface area contributed by atoms with Crippen LogP contribution < -0.4 is 9.47 Å². The quantitative estimate of drug-likeness (QED) is 0.580. The van der Waals surface area contributed by atoms with Gasteiger partial charge in [0, 0.05) is 17.0 Å². The van der Waals surface area contributed by atoms with E-state index in [4.69, 9.17) is 14.3 Å². The van der Waals surface area contributed by atoms with Gasteiger partial charge >= 0.3 is 0 Å². The predicted molar refractivity (Wildman–Crippen MR) is 103 cm³/mol. The molecule has 3 heterocycles. The van der Waals surface area contributed by atoms with E-state index in [1.54, 1.807) is 11.3 Å². The Morgan fingerprint density at radius 1 is 1.33 bits per heavy atom. The van der Waals surface area contributed by atoms with Crippen LogP contribution in [0.3, 0.4) is 0 Å². The number of fused-ring (bicyclic) bond motifs is 2. The second kappa shape index (κ2) is 7.60. The van der Waals surface area contributed by atoms with Gasteiger partial charge in [0.05, 0.1) is 11.8 Å². The smallest absolute Gasteiger partial charge is 0.263 e. The van der Waals surface area contributed by atoms with Crippen molar-refractivity contribution in [2.75, 3.05) is 19.9 Å². The number of hydrogen-bond donors (Lipinski definition) is 0. The molecule has 0 saturated heterocycles. The van der Waals surface area contributed by atoms with E-state index in [-0.39, 0.29) is 25.3 Å². The normalized spacial score (nSPS) is 18.4. The molecule has 1 unspecified atom stereocenters. The maximum atomic E-state index is 12.7. The third-order valence-corrected chi connectivity index (χ3v) is 5.98. The third kappa shape index (κ3) is 3.51. The SMILES string of the molecule is CCC1c2ccsc2CCN1C(=O)CO/N=C(\C)c1ccc2c(c1)OCO2. The molecule has 0 radical (unpaired) electrons. The van der Waals surface area contributed by atoms with Gasteiger partial charge in [0.25, 0.3) is 5.91 Å². The van der Waals surface area contributed by atoms with Gasteiger partial charge in [0.1, 0.15) is 0 Å². The lowest BCUT2D eigenvalue weighted by Gasteiger charge is -2.35. The average Bonchev–Trinajstić information content (AvgIpc) is 3.35. The Morgan fingerprint density at radius 2 is 2.19 bits per heavy atom. The largest absolute Gasteiger partial charge is 0.454 e. The first-order valence-electron chi connectivity index (χ1n) is 9.09. The zero-order chi connectivity index (χ0) is 18.8. The number of oxime groups is 1. The first-order valence-corrected chi connectivity index (χ1v) is 9.97. The highest BCUT2D eigenvalue weighted by atomic mass is 32.1. The second-order valence-electron chi connectivity index (χ2n) is 6.58. The molecule has 0 spiro atoms. The van der Waals surface area contributed by atoms with Gasteiger partial charge in [-0.2, -0.15) is 0 Å². The maximum Gasteiger partial charge on any atom is 0.263 e. The number of amides is 1. The predicted octanol–water partition coefficient (Wildman–Crippen LogP) is 3.75. The molecule has 1 amide bonds. The molecule has 0 saturated carbocycles. The molecule has 1 atom stereocenters. The van der Waals surface area contributed by atoms with E-state index in [1.165, 1.54) is 10.4 Å². The number of benzene rings is 1. The number of rotatable bonds is 5. The van der Waals surface area contributed by atoms with Crippen LogP contribution in [0, 0.1) is 0 Å². The van der Waals surface area contributed by atoms with Crippen molar-refractivity contribution in [1.82, 2.24) is 4.90 Å². The van der Waals surface area contributed by atoms with E-state index < -0.39 is 0 Å². The molecule has 2 aromatic rings. The lowest BCUT2D eigenvalue weighted by Crippen LogP contribution is -2.41. The van der Waals surface area contributed by atoms with Gasteiger partial charge in [0.15, 0.2) is 18.1 Å². The number of thiophene rings is 1. The first-order chi connectivity index (χ1) is 13.2. The number of carbonyl (C=O) groups is 1. The van der Waals surface area contributed by atoms with Gasteiger partial charge in [-0.3, -0.25) is 4.79 Å². The Bertz CT molecular complexity index is 877. The summed E-state index contributed by atoms with van der Waals surface area (Å²) in [6, 6.07) is 7.88. The molecule has 0 N–H and O–H groups in total. The van der Waals surface area contributed by atoms with Crippen LogP contribution in [-0.2, 0) is 16.1 Å². The summed E-state index contributed by atoms with van der Waals surface area (Å²) >= 11 is 1.78. The minimum Gasteiger partial charge on any atom is -0.454 e. The molecule has 1 aromatic heterocycles. The van der Waals surface area contributed by atoms with Crippen LogP contribution >= 0.6 is 11.3 Å². The highest BCUT2D eigenvalue weighted by Gasteiger charge is 2.30. The van der Waals surface area contributed by atoms with Gasteiger partial charge in [-0.25, -0.2) is 0 Å². The molecular weight excluding hydrogens is 364 g/mol. The molecule has 0 fully saturated rings. The fourth-order valence-corrected chi connectivity index (χ4v) is 4.50. The minimum absolute atomic E-state index is 0.0269. The molecule has 1 aromatic carbocycles. The van der Waals surface area contributed by atoms with E-state index in [9.17, 15) is 4.79 Å². The van der Waals surface area contributed by atoms with Gasteiger partial charge in [-0.05, 0) is 55.0 Å². The molecule has 27 heavy (non-hydrogen) atoms. The Labute approximate surface area is 162 Å². The summed E-state index contributed by atoms with van der Waals surface area (Å²) in [5, 5.41) is 6.22. The molecule has 142 valence electrons. The summed E-state index contributed by atoms with van der Waals surface area (Å²) < 4.78 is 10.7. The van der Waals surface area contributed by atoms with Crippen molar-refractivity contribution < 1.29 is 19.1 Å². The summed E-state index contributed by atoms with van der Waals surface area (Å²) in [6.07, 6.45) is 1.81. The van der Waals surface area contributed by atoms with E-state index >= 15 is 0 Å². The summed E-state index contributed by atoms with van der Waals surface area (Å²) in [5.41, 5.74) is 2.84. The van der Waals surface area contributed by atoms with Crippen molar-refractivity contribution in [1.29, 1.82) is 0 Å². The molecule has 2 aliphatic rings. The highest BCUT2D eigenvalue weighted by Crippen LogP contribution is 2.35. The summed E-state index contributed by atoms with van der Waals surface area (Å²) in [7, 11) is 0. The fourth-order valence-electron chi connectivity index (χ4n) is 3.58. The Hall–Kier alpha value is -2.54. The zero-order valence-corrected chi connectivity index (χ0v) is 16.3. The molecule has 7 heteroatoms. The second-order valence-corrected chi connectivity index (χ2v) is 7.58. The lowest BCUT2D eigenvalue weighted by atomic mass is 9.98. The fraction of sp³-hybridized carbons (Fsp3) is 0.400. The van der Waals surface area contributed by atoms with Gasteiger partial charge in [0.2, 0.25) is 6.79 Å². The summed E-state index contributed by atoms with van der Waals surface area (Å²) in [5.74, 6) is 1.40. The van der Waals surface area contributed by atoms with Crippen LogP contribution in [0.1, 0.15) is 42.3 Å². The molecular formula is C20H22N2O4S. The average molecular weight is 386 g/mol. The lowest BCUT2D eigenvalue weighted by molar-refractivity contribution is -0.139. The van der Waals surface area contributed by atoms with Crippen molar-refractivity contribution in [2.45, 2.75) is 32.7 Å². The van der Waals surface area contributed by atoms with Crippen molar-refractivity contribution in [2.24, 2.45) is 5.16 Å². The van der Waals surface area contributed by atoms with Crippen LogP contribution in [0.2, 0.25) is 0 Å². The van der Waals surface area contributed by atoms with Gasteiger partial charge in [-0.1, -0.05) is 12.1 Å². The van der Waals surface area contributed by atoms with Crippen LogP contribution in [0.5, 0.6) is 11.5 Å². The first kappa shape index (κ1) is 17.9. The van der Waals surface area contributed by atoms with Crippen LogP contribution in [0.15, 0.2) is 34.8 Å². The number of nitrogens with zero attached hydrogens (tertiary/aromatic N) is 2. The Balaban J connectivity index is 1.38. The van der Waals surface area contributed by atoms with Crippen LogP contribution in [0.25, 0.3) is 0 Å². The third-order valence-electron chi connectivity index (χ3n) is 4.98. The minimum atomic E-state index is -0.0577. The molecule has 4 rings (SSSR count). The summed E-state index contributed by atoms with van der Waals surface area (Å²) in [4.78, 5) is 21.4. The van der Waals surface area contributed by atoms with Crippen LogP contribution in [-0.4, -0.2) is 36.5 Å². The topological polar surface area (TPSA) is 60.4 Å².